The predicted octanol–water partition coefficient (Wildman–Crippen LogP) is 4.85. The van der Waals surface area contributed by atoms with Crippen LogP contribution < -0.4 is 0 Å². The van der Waals surface area contributed by atoms with Gasteiger partial charge in [-0.1, -0.05) is 11.6 Å². The van der Waals surface area contributed by atoms with E-state index in [9.17, 15) is 9.59 Å². The van der Waals surface area contributed by atoms with E-state index >= 15 is 0 Å². The van der Waals surface area contributed by atoms with Crippen LogP contribution >= 0.6 is 23.4 Å². The summed E-state index contributed by atoms with van der Waals surface area (Å²) in [7, 11) is 0. The number of rotatable bonds is 5. The van der Waals surface area contributed by atoms with Crippen molar-refractivity contribution in [1.29, 1.82) is 0 Å². The zero-order chi connectivity index (χ0) is 16.4. The minimum absolute atomic E-state index is 0.00644. The standard InChI is InChI=1S/C17H18ClNO2S/c1-9-15(11(3)20)10(2)19-16(9)17(21)12(4)22-14-7-5-13(18)6-8-14/h5-8,12,19H,1-4H3. The van der Waals surface area contributed by atoms with Crippen LogP contribution in [0.4, 0.5) is 0 Å². The van der Waals surface area contributed by atoms with E-state index in [1.165, 1.54) is 18.7 Å². The van der Waals surface area contributed by atoms with Crippen molar-refractivity contribution in [1.82, 2.24) is 4.98 Å². The summed E-state index contributed by atoms with van der Waals surface area (Å²) in [6.45, 7) is 7.01. The number of hydrogen-bond acceptors (Lipinski definition) is 3. The normalized spacial score (nSPS) is 12.2. The molecular formula is C17H18ClNO2S. The van der Waals surface area contributed by atoms with Crippen LogP contribution in [0.1, 0.15) is 46.0 Å². The van der Waals surface area contributed by atoms with Gasteiger partial charge in [-0.2, -0.15) is 0 Å². The van der Waals surface area contributed by atoms with Crippen LogP contribution in [0.5, 0.6) is 0 Å². The van der Waals surface area contributed by atoms with Gasteiger partial charge in [0.05, 0.1) is 10.9 Å². The van der Waals surface area contributed by atoms with Crippen molar-refractivity contribution in [3.05, 3.63) is 51.8 Å². The van der Waals surface area contributed by atoms with Crippen LogP contribution in [-0.4, -0.2) is 21.8 Å². The fraction of sp³-hybridized carbons (Fsp3) is 0.294. The van der Waals surface area contributed by atoms with Crippen molar-refractivity contribution in [2.24, 2.45) is 0 Å². The topological polar surface area (TPSA) is 49.9 Å². The summed E-state index contributed by atoms with van der Waals surface area (Å²) in [5.41, 5.74) is 2.62. The second-order valence-corrected chi connectivity index (χ2v) is 7.11. The molecular weight excluding hydrogens is 318 g/mol. The number of carbonyl (C=O) groups excluding carboxylic acids is 2. The van der Waals surface area contributed by atoms with Gasteiger partial charge in [0.2, 0.25) is 0 Å². The largest absolute Gasteiger partial charge is 0.355 e. The molecule has 0 amide bonds. The van der Waals surface area contributed by atoms with Gasteiger partial charge in [0, 0.05) is 21.2 Å². The van der Waals surface area contributed by atoms with E-state index in [4.69, 9.17) is 11.6 Å². The number of H-pyrrole nitrogens is 1. The van der Waals surface area contributed by atoms with Crippen LogP contribution in [0.3, 0.4) is 0 Å². The summed E-state index contributed by atoms with van der Waals surface area (Å²) in [5, 5.41) is 0.419. The van der Waals surface area contributed by atoms with Crippen LogP contribution in [0.15, 0.2) is 29.2 Å². The Morgan fingerprint density at radius 3 is 2.27 bits per heavy atom. The average molecular weight is 336 g/mol. The molecule has 116 valence electrons. The zero-order valence-electron chi connectivity index (χ0n) is 13.0. The van der Waals surface area contributed by atoms with Gasteiger partial charge >= 0.3 is 0 Å². The number of aromatic nitrogens is 1. The highest BCUT2D eigenvalue weighted by atomic mass is 35.5. The highest BCUT2D eigenvalue weighted by molar-refractivity contribution is 8.00. The molecule has 0 spiro atoms. The first-order valence-electron chi connectivity index (χ1n) is 6.97. The molecule has 0 saturated carbocycles. The molecule has 0 bridgehead atoms. The summed E-state index contributed by atoms with van der Waals surface area (Å²) in [4.78, 5) is 28.4. The number of nitrogens with one attached hydrogen (secondary N) is 1. The molecule has 22 heavy (non-hydrogen) atoms. The lowest BCUT2D eigenvalue weighted by Crippen LogP contribution is -2.15. The van der Waals surface area contributed by atoms with Crippen LogP contribution in [0.25, 0.3) is 0 Å². The quantitative estimate of drug-likeness (QED) is 0.627. The number of carbonyl (C=O) groups is 2. The molecule has 0 radical (unpaired) electrons. The van der Waals surface area contributed by atoms with Gasteiger partial charge in [-0.05, 0) is 57.5 Å². The molecule has 0 aliphatic rings. The Morgan fingerprint density at radius 2 is 1.77 bits per heavy atom. The SMILES string of the molecule is CC(=O)c1c(C)[nH]c(C(=O)C(C)Sc2ccc(Cl)cc2)c1C. The van der Waals surface area contributed by atoms with Crippen molar-refractivity contribution in [2.45, 2.75) is 37.8 Å². The highest BCUT2D eigenvalue weighted by Crippen LogP contribution is 2.28. The first-order valence-corrected chi connectivity index (χ1v) is 8.23. The van der Waals surface area contributed by atoms with Gasteiger partial charge in [-0.25, -0.2) is 0 Å². The van der Waals surface area contributed by atoms with E-state index in [0.29, 0.717) is 16.3 Å². The summed E-state index contributed by atoms with van der Waals surface area (Å²) < 4.78 is 0. The lowest BCUT2D eigenvalue weighted by molar-refractivity contribution is 0.0988. The van der Waals surface area contributed by atoms with E-state index < -0.39 is 0 Å². The first kappa shape index (κ1) is 16.8. The summed E-state index contributed by atoms with van der Waals surface area (Å²) in [5.74, 6) is -0.0312. The molecule has 5 heteroatoms. The lowest BCUT2D eigenvalue weighted by Gasteiger charge is -2.10. The molecule has 3 nitrogen and oxygen atoms in total. The minimum Gasteiger partial charge on any atom is -0.355 e. The van der Waals surface area contributed by atoms with Crippen LogP contribution in [-0.2, 0) is 0 Å². The van der Waals surface area contributed by atoms with Gasteiger partial charge in [0.25, 0.3) is 0 Å². The Balaban J connectivity index is 2.22. The van der Waals surface area contributed by atoms with Gasteiger partial charge in [0.1, 0.15) is 0 Å². The minimum atomic E-state index is -0.252. The van der Waals surface area contributed by atoms with E-state index in [-0.39, 0.29) is 16.8 Å². The molecule has 0 saturated heterocycles. The smallest absolute Gasteiger partial charge is 0.192 e. The van der Waals surface area contributed by atoms with E-state index in [1.54, 1.807) is 12.1 Å². The van der Waals surface area contributed by atoms with E-state index in [0.717, 1.165) is 16.2 Å². The molecule has 2 rings (SSSR count). The number of thioether (sulfide) groups is 1. The van der Waals surface area contributed by atoms with Crippen molar-refractivity contribution in [3.63, 3.8) is 0 Å². The van der Waals surface area contributed by atoms with Crippen LogP contribution in [0.2, 0.25) is 5.02 Å². The monoisotopic (exact) mass is 335 g/mol. The predicted molar refractivity (Wildman–Crippen MR) is 91.4 cm³/mol. The third-order valence-electron chi connectivity index (χ3n) is 3.53. The molecule has 1 heterocycles. The van der Waals surface area contributed by atoms with E-state index in [1.807, 2.05) is 32.9 Å². The number of aryl methyl sites for hydroxylation is 1. The summed E-state index contributed by atoms with van der Waals surface area (Å²) in [6.07, 6.45) is 0. The van der Waals surface area contributed by atoms with Crippen LogP contribution in [0, 0.1) is 13.8 Å². The number of hydrogen-bond donors (Lipinski definition) is 1. The Morgan fingerprint density at radius 1 is 1.18 bits per heavy atom. The first-order chi connectivity index (χ1) is 10.3. The maximum atomic E-state index is 12.6. The number of aromatic amines is 1. The Hall–Kier alpha value is -1.52. The fourth-order valence-corrected chi connectivity index (χ4v) is 3.55. The Bertz CT molecular complexity index is 719. The number of benzene rings is 1. The number of halogens is 1. The molecule has 1 atom stereocenters. The van der Waals surface area contributed by atoms with Gasteiger partial charge in [-0.15, -0.1) is 11.8 Å². The highest BCUT2D eigenvalue weighted by Gasteiger charge is 2.24. The third-order valence-corrected chi connectivity index (χ3v) is 4.90. The maximum Gasteiger partial charge on any atom is 0.192 e. The molecule has 0 aliphatic carbocycles. The van der Waals surface area contributed by atoms with Crippen molar-refractivity contribution < 1.29 is 9.59 Å². The third kappa shape index (κ3) is 3.45. The molecule has 0 fully saturated rings. The molecule has 0 aliphatic heterocycles. The van der Waals surface area contributed by atoms with Crippen molar-refractivity contribution in [3.8, 4) is 0 Å². The molecule has 1 aromatic heterocycles. The average Bonchev–Trinajstić information content (AvgIpc) is 2.75. The van der Waals surface area contributed by atoms with E-state index in [2.05, 4.69) is 4.98 Å². The van der Waals surface area contributed by atoms with Crippen molar-refractivity contribution >= 4 is 34.9 Å². The number of Topliss-reactive ketones (excluding diaryl/α,β-unsaturated/α-hetero) is 2. The van der Waals surface area contributed by atoms with Gasteiger partial charge in [-0.3, -0.25) is 9.59 Å². The lowest BCUT2D eigenvalue weighted by atomic mass is 10.0. The zero-order valence-corrected chi connectivity index (χ0v) is 14.6. The Labute approximate surface area is 139 Å². The van der Waals surface area contributed by atoms with Gasteiger partial charge < -0.3 is 4.98 Å². The second kappa shape index (κ2) is 6.71. The summed E-state index contributed by atoms with van der Waals surface area (Å²) in [6, 6.07) is 7.40. The Kier molecular flexibility index (Phi) is 5.14. The molecule has 1 N–H and O–H groups in total. The maximum absolute atomic E-state index is 12.6. The second-order valence-electron chi connectivity index (χ2n) is 5.26. The molecule has 1 unspecified atom stereocenters. The van der Waals surface area contributed by atoms with Gasteiger partial charge in [0.15, 0.2) is 11.6 Å². The number of ketones is 2. The van der Waals surface area contributed by atoms with Crippen molar-refractivity contribution in [2.75, 3.05) is 0 Å². The fourth-order valence-electron chi connectivity index (χ4n) is 2.50. The molecule has 1 aromatic carbocycles. The summed E-state index contributed by atoms with van der Waals surface area (Å²) >= 11 is 7.34. The molecule has 2 aromatic rings.